The molecule has 100 valence electrons. The molecule has 5 nitrogen and oxygen atoms in total. The number of hydrogen-bond acceptors (Lipinski definition) is 4. The first-order valence-corrected chi connectivity index (χ1v) is 5.81. The molecule has 0 radical (unpaired) electrons. The van der Waals surface area contributed by atoms with E-state index in [1.54, 1.807) is 24.3 Å². The predicted octanol–water partition coefficient (Wildman–Crippen LogP) is 0.842. The third kappa shape index (κ3) is 5.35. The monoisotopic (exact) mass is 273 g/mol. The second-order valence-electron chi connectivity index (χ2n) is 3.64. The van der Waals surface area contributed by atoms with Gasteiger partial charge in [0, 0.05) is 12.1 Å². The zero-order valence-electron chi connectivity index (χ0n) is 10.1. The van der Waals surface area contributed by atoms with E-state index in [-0.39, 0.29) is 25.7 Å². The van der Waals surface area contributed by atoms with Crippen molar-refractivity contribution >= 4 is 17.5 Å². The largest absolute Gasteiger partial charge is 0.484 e. The highest BCUT2D eigenvalue weighted by Crippen LogP contribution is 2.15. The standard InChI is InChI=1S/C12H16ClNO4/c1-17-7-10(6-15)14-12(16)8-18-11-4-2-9(13)3-5-11/h2-5,10,15H,6-8H2,1H3,(H,14,16). The number of ether oxygens (including phenoxy) is 2. The highest BCUT2D eigenvalue weighted by Gasteiger charge is 2.11. The Kier molecular flexibility index (Phi) is 6.49. The summed E-state index contributed by atoms with van der Waals surface area (Å²) in [6.45, 7) is -0.0500. The highest BCUT2D eigenvalue weighted by atomic mass is 35.5. The van der Waals surface area contributed by atoms with Crippen LogP contribution in [0.1, 0.15) is 0 Å². The lowest BCUT2D eigenvalue weighted by atomic mass is 10.3. The topological polar surface area (TPSA) is 67.8 Å². The Morgan fingerprint density at radius 2 is 2.11 bits per heavy atom. The van der Waals surface area contributed by atoms with Gasteiger partial charge < -0.3 is 19.9 Å². The SMILES string of the molecule is COCC(CO)NC(=O)COc1ccc(Cl)cc1. The lowest BCUT2D eigenvalue weighted by Crippen LogP contribution is -2.42. The molecule has 1 aromatic rings. The molecule has 0 heterocycles. The van der Waals surface area contributed by atoms with Crippen molar-refractivity contribution in [2.24, 2.45) is 0 Å². The molecule has 0 bridgehead atoms. The summed E-state index contributed by atoms with van der Waals surface area (Å²) in [6.07, 6.45) is 0. The molecule has 0 saturated heterocycles. The molecular formula is C12H16ClNO4. The van der Waals surface area contributed by atoms with E-state index in [0.717, 1.165) is 0 Å². The normalized spacial score (nSPS) is 11.9. The van der Waals surface area contributed by atoms with E-state index in [2.05, 4.69) is 5.32 Å². The first kappa shape index (κ1) is 14.8. The number of aliphatic hydroxyl groups is 1. The van der Waals surface area contributed by atoms with Gasteiger partial charge in [0.2, 0.25) is 0 Å². The average molecular weight is 274 g/mol. The van der Waals surface area contributed by atoms with Crippen molar-refractivity contribution in [2.75, 3.05) is 26.9 Å². The van der Waals surface area contributed by atoms with Gasteiger partial charge in [-0.2, -0.15) is 0 Å². The van der Waals surface area contributed by atoms with Gasteiger partial charge in [-0.3, -0.25) is 4.79 Å². The minimum Gasteiger partial charge on any atom is -0.484 e. The van der Waals surface area contributed by atoms with Crippen LogP contribution in [0.4, 0.5) is 0 Å². The Labute approximate surface area is 111 Å². The number of rotatable bonds is 7. The van der Waals surface area contributed by atoms with Crippen molar-refractivity contribution in [3.8, 4) is 5.75 Å². The van der Waals surface area contributed by atoms with Crippen molar-refractivity contribution in [2.45, 2.75) is 6.04 Å². The van der Waals surface area contributed by atoms with E-state index in [1.165, 1.54) is 7.11 Å². The fraction of sp³-hybridized carbons (Fsp3) is 0.417. The third-order valence-electron chi connectivity index (χ3n) is 2.14. The molecule has 1 unspecified atom stereocenters. The van der Waals surface area contributed by atoms with Gasteiger partial charge in [0.25, 0.3) is 5.91 Å². The van der Waals surface area contributed by atoms with Crippen LogP contribution >= 0.6 is 11.6 Å². The van der Waals surface area contributed by atoms with Crippen molar-refractivity contribution in [3.63, 3.8) is 0 Å². The molecule has 1 aromatic carbocycles. The van der Waals surface area contributed by atoms with E-state index in [0.29, 0.717) is 10.8 Å². The molecule has 1 atom stereocenters. The Bertz CT molecular complexity index is 369. The Balaban J connectivity index is 2.34. The summed E-state index contributed by atoms with van der Waals surface area (Å²) < 4.78 is 10.1. The molecule has 2 N–H and O–H groups in total. The fourth-order valence-corrected chi connectivity index (χ4v) is 1.42. The van der Waals surface area contributed by atoms with Crippen molar-refractivity contribution < 1.29 is 19.4 Å². The summed E-state index contributed by atoms with van der Waals surface area (Å²) in [5.74, 6) is 0.239. The van der Waals surface area contributed by atoms with Crippen molar-refractivity contribution in [1.29, 1.82) is 0 Å². The van der Waals surface area contributed by atoms with Crippen LogP contribution in [0, 0.1) is 0 Å². The highest BCUT2D eigenvalue weighted by molar-refractivity contribution is 6.30. The first-order chi connectivity index (χ1) is 8.65. The van der Waals surface area contributed by atoms with Crippen LogP contribution in [0.15, 0.2) is 24.3 Å². The molecule has 0 aliphatic heterocycles. The molecule has 0 aromatic heterocycles. The van der Waals surface area contributed by atoms with Crippen LogP contribution in [0.5, 0.6) is 5.75 Å². The maximum atomic E-state index is 11.5. The zero-order chi connectivity index (χ0) is 13.4. The fourth-order valence-electron chi connectivity index (χ4n) is 1.29. The number of methoxy groups -OCH3 is 1. The van der Waals surface area contributed by atoms with E-state index in [9.17, 15) is 4.79 Å². The minimum absolute atomic E-state index is 0.123. The molecule has 0 saturated carbocycles. The van der Waals surface area contributed by atoms with Crippen LogP contribution in [0.25, 0.3) is 0 Å². The third-order valence-corrected chi connectivity index (χ3v) is 2.39. The number of carbonyl (C=O) groups excluding carboxylic acids is 1. The number of amides is 1. The number of nitrogens with one attached hydrogen (secondary N) is 1. The van der Waals surface area contributed by atoms with Crippen molar-refractivity contribution in [3.05, 3.63) is 29.3 Å². The number of benzene rings is 1. The lowest BCUT2D eigenvalue weighted by molar-refractivity contribution is -0.124. The van der Waals surface area contributed by atoms with Gasteiger partial charge in [0.05, 0.1) is 19.3 Å². The van der Waals surface area contributed by atoms with Crippen LogP contribution < -0.4 is 10.1 Å². The van der Waals surface area contributed by atoms with Gasteiger partial charge in [0.15, 0.2) is 6.61 Å². The average Bonchev–Trinajstić information content (AvgIpc) is 2.37. The van der Waals surface area contributed by atoms with Crippen molar-refractivity contribution in [1.82, 2.24) is 5.32 Å². The second kappa shape index (κ2) is 7.92. The summed E-state index contributed by atoms with van der Waals surface area (Å²) in [5, 5.41) is 12.2. The molecule has 0 aliphatic rings. The van der Waals surface area contributed by atoms with Gasteiger partial charge in [0.1, 0.15) is 5.75 Å². The predicted molar refractivity (Wildman–Crippen MR) is 67.8 cm³/mol. The quantitative estimate of drug-likeness (QED) is 0.773. The molecule has 18 heavy (non-hydrogen) atoms. The summed E-state index contributed by atoms with van der Waals surface area (Å²) in [5.41, 5.74) is 0. The maximum Gasteiger partial charge on any atom is 0.258 e. The van der Waals surface area contributed by atoms with Gasteiger partial charge in [-0.25, -0.2) is 0 Å². The Morgan fingerprint density at radius 3 is 2.67 bits per heavy atom. The van der Waals surface area contributed by atoms with E-state index >= 15 is 0 Å². The molecule has 0 fully saturated rings. The van der Waals surface area contributed by atoms with Crippen LogP contribution in [0.3, 0.4) is 0 Å². The zero-order valence-corrected chi connectivity index (χ0v) is 10.8. The molecule has 0 aliphatic carbocycles. The number of halogens is 1. The minimum atomic E-state index is -0.420. The maximum absolute atomic E-state index is 11.5. The summed E-state index contributed by atoms with van der Waals surface area (Å²) in [6, 6.07) is 6.28. The van der Waals surface area contributed by atoms with Crippen LogP contribution in [-0.4, -0.2) is 44.0 Å². The number of carbonyl (C=O) groups is 1. The first-order valence-electron chi connectivity index (χ1n) is 5.43. The number of hydrogen-bond donors (Lipinski definition) is 2. The van der Waals surface area contributed by atoms with E-state index in [1.807, 2.05) is 0 Å². The lowest BCUT2D eigenvalue weighted by Gasteiger charge is -2.15. The van der Waals surface area contributed by atoms with E-state index in [4.69, 9.17) is 26.2 Å². The summed E-state index contributed by atoms with van der Waals surface area (Å²) >= 11 is 5.72. The molecule has 1 amide bonds. The number of aliphatic hydroxyl groups excluding tert-OH is 1. The van der Waals surface area contributed by atoms with E-state index < -0.39 is 6.04 Å². The molecule has 0 spiro atoms. The molecule has 6 heteroatoms. The van der Waals surface area contributed by atoms with Gasteiger partial charge in [-0.1, -0.05) is 11.6 Å². The molecule has 1 rings (SSSR count). The second-order valence-corrected chi connectivity index (χ2v) is 4.08. The summed E-state index contributed by atoms with van der Waals surface area (Å²) in [7, 11) is 1.50. The van der Waals surface area contributed by atoms with Crippen LogP contribution in [0.2, 0.25) is 5.02 Å². The van der Waals surface area contributed by atoms with Gasteiger partial charge in [-0.15, -0.1) is 0 Å². The Hall–Kier alpha value is -1.30. The molecular weight excluding hydrogens is 258 g/mol. The van der Waals surface area contributed by atoms with Crippen LogP contribution in [-0.2, 0) is 9.53 Å². The Morgan fingerprint density at radius 1 is 1.44 bits per heavy atom. The summed E-state index contributed by atoms with van der Waals surface area (Å²) in [4.78, 5) is 11.5. The van der Waals surface area contributed by atoms with Gasteiger partial charge >= 0.3 is 0 Å². The smallest absolute Gasteiger partial charge is 0.258 e. The van der Waals surface area contributed by atoms with Gasteiger partial charge in [-0.05, 0) is 24.3 Å².